The normalized spacial score (nSPS) is 22.0. The molecule has 10 rings (SSSR count). The van der Waals surface area contributed by atoms with Crippen molar-refractivity contribution in [3.8, 4) is 17.2 Å². The molecule has 7 aromatic rings. The highest BCUT2D eigenvalue weighted by atomic mass is 31.2. The average molecular weight is 888 g/mol. The van der Waals surface area contributed by atoms with Gasteiger partial charge in [0.2, 0.25) is 0 Å². The molecule has 1 aliphatic carbocycles. The number of nitrogens with zero attached hydrogens (tertiary/aromatic N) is 8. The lowest BCUT2D eigenvalue weighted by Crippen LogP contribution is -2.41. The summed E-state index contributed by atoms with van der Waals surface area (Å²) < 4.78 is 45.3. The predicted octanol–water partition coefficient (Wildman–Crippen LogP) is 7.06. The molecular weight excluding hydrogens is 837 g/mol. The van der Waals surface area contributed by atoms with E-state index in [1.165, 1.54) is 21.1 Å². The van der Waals surface area contributed by atoms with Gasteiger partial charge in [0.25, 0.3) is 5.91 Å². The fourth-order valence-electron chi connectivity index (χ4n) is 10.3. The van der Waals surface area contributed by atoms with Gasteiger partial charge in [-0.15, -0.1) is 0 Å². The molecule has 2 aliphatic heterocycles. The molecule has 1 N–H and O–H groups in total. The highest BCUT2D eigenvalue weighted by molar-refractivity contribution is 7.70. The first-order chi connectivity index (χ1) is 30.4. The molecule has 332 valence electrons. The van der Waals surface area contributed by atoms with E-state index >= 15 is 9.18 Å². The van der Waals surface area contributed by atoms with Crippen molar-refractivity contribution in [3.63, 3.8) is 0 Å². The van der Waals surface area contributed by atoms with Crippen molar-refractivity contribution >= 4 is 29.3 Å². The van der Waals surface area contributed by atoms with Crippen molar-refractivity contribution < 1.29 is 23.0 Å². The zero-order valence-electron chi connectivity index (χ0n) is 37.2. The van der Waals surface area contributed by atoms with Crippen LogP contribution >= 0.6 is 7.14 Å². The molecule has 4 atom stereocenters. The minimum absolute atomic E-state index is 0.0114. The number of hydrogen-bond donors (Lipinski definition) is 1. The van der Waals surface area contributed by atoms with Crippen LogP contribution in [0.5, 0.6) is 0 Å². The van der Waals surface area contributed by atoms with E-state index in [2.05, 4.69) is 54.2 Å². The highest BCUT2D eigenvalue weighted by Crippen LogP contribution is 2.56. The van der Waals surface area contributed by atoms with Gasteiger partial charge in [0.1, 0.15) is 30.5 Å². The fraction of sp³-hybridized carbons (Fsp3) is 0.404. The van der Waals surface area contributed by atoms with E-state index in [0.29, 0.717) is 82.4 Å². The third-order valence-corrected chi connectivity index (χ3v) is 15.3. The number of rotatable bonds is 8. The summed E-state index contributed by atoms with van der Waals surface area (Å²) in [4.78, 5) is 47.1. The minimum atomic E-state index is -2.54. The summed E-state index contributed by atoms with van der Waals surface area (Å²) in [5, 5.41) is 15.3. The Hall–Kier alpha value is -6.12. The fourth-order valence-corrected chi connectivity index (χ4v) is 11.1. The van der Waals surface area contributed by atoms with Crippen LogP contribution in [-0.2, 0) is 21.3 Å². The highest BCUT2D eigenvalue weighted by Gasteiger charge is 2.59. The Kier molecular flexibility index (Phi) is 9.62. The molecule has 17 heteroatoms. The van der Waals surface area contributed by atoms with Gasteiger partial charge < -0.3 is 18.8 Å². The molecule has 0 unspecified atom stereocenters. The predicted molar refractivity (Wildman–Crippen MR) is 240 cm³/mol. The molecule has 6 heterocycles. The SMILES string of the molecule is Cc1cc(-n2nc3c(c2-n2cnn(-c4ccc(P(C)(C)=O)cc4)c2=O)[C@H](C)N(C(=O)c2cc4cc([C@H]5CCOC(C)(C)C5)ccc4n2[C@@]2(c4noc(=O)[nH]4)C[C@@H]2C)CC3)cc(C)c1F. The second-order valence-electron chi connectivity index (χ2n) is 18.9. The zero-order valence-corrected chi connectivity index (χ0v) is 38.1. The molecular formula is C47H51FN9O6P. The number of aromatic nitrogens is 8. The first-order valence-electron chi connectivity index (χ1n) is 21.8. The summed E-state index contributed by atoms with van der Waals surface area (Å²) in [6, 6.07) is 18.0. The van der Waals surface area contributed by atoms with Crippen molar-refractivity contribution in [2.24, 2.45) is 5.92 Å². The monoisotopic (exact) mass is 887 g/mol. The van der Waals surface area contributed by atoms with Crippen molar-refractivity contribution in [1.29, 1.82) is 0 Å². The Morgan fingerprint density at radius 3 is 2.31 bits per heavy atom. The van der Waals surface area contributed by atoms with Gasteiger partial charge in [0.15, 0.2) is 11.6 Å². The Labute approximate surface area is 368 Å². The standard InChI is InChI=1S/C47H51FN9O6P/c1-26-19-34(20-27(2)40(26)48)56-41(54-25-49-57(45(54)60)33-10-12-35(13-11-33)64(7,8)61)39-29(4)53(17-15-36(39)51-56)42(58)38-22-32-21-30(31-16-18-62-46(5,6)24-31)9-14-37(32)55(38)47(23-28(47)3)43-50-44(59)63-52-43/h9-14,19-22,25,28-29,31H,15-18,23-24H2,1-8H3,(H,50,52,59)/t28-,29-,31-,47-/m0/s1. The Balaban J connectivity index is 1.11. The lowest BCUT2D eigenvalue weighted by Gasteiger charge is -2.35. The van der Waals surface area contributed by atoms with Crippen molar-refractivity contribution in [2.75, 3.05) is 26.5 Å². The summed E-state index contributed by atoms with van der Waals surface area (Å²) in [6.07, 6.45) is 4.16. The first-order valence-corrected chi connectivity index (χ1v) is 24.4. The van der Waals surface area contributed by atoms with E-state index in [1.54, 1.807) is 73.2 Å². The molecule has 0 radical (unpaired) electrons. The number of aromatic amines is 1. The largest absolute Gasteiger partial charge is 0.438 e. The van der Waals surface area contributed by atoms with Gasteiger partial charge in [-0.05, 0) is 150 Å². The number of hydrogen-bond acceptors (Lipinski definition) is 9. The number of carbonyl (C=O) groups is 1. The summed E-state index contributed by atoms with van der Waals surface area (Å²) in [6.45, 7) is 16.0. The number of halogens is 1. The van der Waals surface area contributed by atoms with E-state index in [0.717, 1.165) is 23.7 Å². The molecule has 2 fully saturated rings. The molecule has 0 spiro atoms. The van der Waals surface area contributed by atoms with Crippen LogP contribution in [0.3, 0.4) is 0 Å². The van der Waals surface area contributed by atoms with Gasteiger partial charge in [0.05, 0.1) is 28.7 Å². The maximum absolute atomic E-state index is 15.5. The van der Waals surface area contributed by atoms with Crippen LogP contribution in [0.25, 0.3) is 28.1 Å². The molecule has 0 bridgehead atoms. The smallest absolute Gasteiger partial charge is 0.376 e. The summed E-state index contributed by atoms with van der Waals surface area (Å²) in [5.41, 5.74) is 4.04. The van der Waals surface area contributed by atoms with Crippen LogP contribution in [0, 0.1) is 25.6 Å². The number of nitrogens with one attached hydrogen (secondary N) is 1. The number of H-pyrrole nitrogens is 1. The van der Waals surface area contributed by atoms with Crippen LogP contribution in [-0.4, -0.2) is 81.7 Å². The van der Waals surface area contributed by atoms with Gasteiger partial charge in [-0.25, -0.2) is 23.2 Å². The van der Waals surface area contributed by atoms with Crippen LogP contribution in [0.4, 0.5) is 4.39 Å². The van der Waals surface area contributed by atoms with Crippen LogP contribution < -0.4 is 16.8 Å². The molecule has 3 aliphatic rings. The molecule has 4 aromatic heterocycles. The number of carbonyl (C=O) groups excluding carboxylic acids is 1. The topological polar surface area (TPSA) is 168 Å². The maximum Gasteiger partial charge on any atom is 0.438 e. The number of benzene rings is 3. The van der Waals surface area contributed by atoms with Gasteiger partial charge in [0, 0.05) is 41.3 Å². The number of amides is 1. The molecule has 1 saturated carbocycles. The number of ether oxygens (including phenoxy) is 1. The number of aryl methyl sites for hydroxylation is 2. The van der Waals surface area contributed by atoms with Crippen molar-refractivity contribution in [1.82, 2.24) is 43.7 Å². The molecule has 1 saturated heterocycles. The summed E-state index contributed by atoms with van der Waals surface area (Å²) >= 11 is 0. The zero-order chi connectivity index (χ0) is 45.2. The summed E-state index contributed by atoms with van der Waals surface area (Å²) in [7, 11) is -2.54. The third-order valence-electron chi connectivity index (χ3n) is 13.7. The van der Waals surface area contributed by atoms with E-state index in [4.69, 9.17) is 14.4 Å². The lowest BCUT2D eigenvalue weighted by atomic mass is 9.83. The second kappa shape index (κ2) is 14.7. The Bertz CT molecular complexity index is 3180. The quantitative estimate of drug-likeness (QED) is 0.157. The van der Waals surface area contributed by atoms with Crippen molar-refractivity contribution in [2.45, 2.75) is 90.3 Å². The third kappa shape index (κ3) is 6.67. The van der Waals surface area contributed by atoms with Gasteiger partial charge in [-0.3, -0.25) is 14.3 Å². The van der Waals surface area contributed by atoms with E-state index < -0.39 is 30.2 Å². The van der Waals surface area contributed by atoms with Gasteiger partial charge in [-0.2, -0.15) is 14.9 Å². The van der Waals surface area contributed by atoms with E-state index in [-0.39, 0.29) is 29.2 Å². The maximum atomic E-state index is 15.5. The molecule has 1 amide bonds. The molecule has 3 aromatic carbocycles. The minimum Gasteiger partial charge on any atom is -0.376 e. The second-order valence-corrected chi connectivity index (χ2v) is 22.1. The van der Waals surface area contributed by atoms with Crippen LogP contribution in [0.1, 0.15) is 103 Å². The van der Waals surface area contributed by atoms with Crippen LogP contribution in [0.15, 0.2) is 81.1 Å². The van der Waals surface area contributed by atoms with E-state index in [9.17, 15) is 14.2 Å². The van der Waals surface area contributed by atoms with E-state index in [1.807, 2.05) is 17.6 Å². The Morgan fingerprint density at radius 1 is 0.953 bits per heavy atom. The van der Waals surface area contributed by atoms with Gasteiger partial charge in [-0.1, -0.05) is 18.1 Å². The summed E-state index contributed by atoms with van der Waals surface area (Å²) in [5.74, 6) is -0.219. The lowest BCUT2D eigenvalue weighted by molar-refractivity contribution is -0.0592. The van der Waals surface area contributed by atoms with Crippen molar-refractivity contribution in [3.05, 3.63) is 133 Å². The van der Waals surface area contributed by atoms with Gasteiger partial charge >= 0.3 is 11.4 Å². The molecule has 15 nitrogen and oxygen atoms in total. The first kappa shape index (κ1) is 41.9. The number of fused-ring (bicyclic) bond motifs is 2. The Morgan fingerprint density at radius 2 is 1.67 bits per heavy atom. The van der Waals surface area contributed by atoms with Crippen LogP contribution in [0.2, 0.25) is 0 Å². The molecule has 64 heavy (non-hydrogen) atoms. The average Bonchev–Trinajstić information content (AvgIpc) is 3.74.